The fraction of sp³-hybridized carbons (Fsp3) is 0.375. The van der Waals surface area contributed by atoms with Crippen molar-refractivity contribution in [2.24, 2.45) is 5.92 Å². The van der Waals surface area contributed by atoms with Crippen LogP contribution in [0.15, 0.2) is 48.6 Å². The average Bonchev–Trinajstić information content (AvgIpc) is 3.15. The van der Waals surface area contributed by atoms with E-state index in [9.17, 15) is 9.90 Å². The maximum absolute atomic E-state index is 12.6. The number of phenols is 1. The molecule has 0 saturated heterocycles. The first-order valence-electron chi connectivity index (χ1n) is 10.0. The van der Waals surface area contributed by atoms with Crippen LogP contribution in [0.5, 0.6) is 11.5 Å². The lowest BCUT2D eigenvalue weighted by molar-refractivity contribution is 0.0919. The third-order valence-corrected chi connectivity index (χ3v) is 5.68. The molecule has 1 aliphatic heterocycles. The summed E-state index contributed by atoms with van der Waals surface area (Å²) >= 11 is 0. The number of phenolic OH excluding ortho intramolecular Hbond substituents is 1. The molecule has 152 valence electrons. The molecular formula is C24H28N2O3. The number of methoxy groups -OCH3 is 1. The van der Waals surface area contributed by atoms with Crippen LogP contribution in [-0.2, 0) is 0 Å². The Morgan fingerprint density at radius 2 is 2.00 bits per heavy atom. The number of hydrogen-bond acceptors (Lipinski definition) is 4. The molecule has 1 amide bonds. The van der Waals surface area contributed by atoms with Crippen molar-refractivity contribution in [3.8, 4) is 11.5 Å². The first-order chi connectivity index (χ1) is 13.8. The Morgan fingerprint density at radius 3 is 2.69 bits per heavy atom. The first kappa shape index (κ1) is 19.4. The first-order valence-corrected chi connectivity index (χ1v) is 10.0. The van der Waals surface area contributed by atoms with Crippen LogP contribution in [0.1, 0.15) is 60.6 Å². The molecule has 3 unspecified atom stereocenters. The molecule has 1 heterocycles. The predicted molar refractivity (Wildman–Crippen MR) is 115 cm³/mol. The van der Waals surface area contributed by atoms with Gasteiger partial charge in [0.15, 0.2) is 11.5 Å². The van der Waals surface area contributed by atoms with Gasteiger partial charge in [0.25, 0.3) is 5.91 Å². The highest BCUT2D eigenvalue weighted by molar-refractivity contribution is 5.95. The summed E-state index contributed by atoms with van der Waals surface area (Å²) in [6.07, 6.45) is 5.41. The molecule has 1 aliphatic carbocycles. The molecule has 5 heteroatoms. The Morgan fingerprint density at radius 1 is 1.21 bits per heavy atom. The number of ether oxygens (including phenoxy) is 1. The number of allylic oxidation sites excluding steroid dienone is 2. The highest BCUT2D eigenvalue weighted by Crippen LogP contribution is 2.50. The van der Waals surface area contributed by atoms with E-state index < -0.39 is 0 Å². The third-order valence-electron chi connectivity index (χ3n) is 5.68. The van der Waals surface area contributed by atoms with E-state index in [4.69, 9.17) is 4.74 Å². The molecule has 3 N–H and O–H groups in total. The smallest absolute Gasteiger partial charge is 0.251 e. The number of aromatic hydroxyl groups is 1. The summed E-state index contributed by atoms with van der Waals surface area (Å²) < 4.78 is 5.18. The molecule has 0 radical (unpaired) electrons. The van der Waals surface area contributed by atoms with Gasteiger partial charge in [-0.25, -0.2) is 0 Å². The van der Waals surface area contributed by atoms with Gasteiger partial charge >= 0.3 is 0 Å². The maximum atomic E-state index is 12.6. The normalized spacial score (nSPS) is 22.4. The summed E-state index contributed by atoms with van der Waals surface area (Å²) in [5, 5.41) is 16.9. The fourth-order valence-electron chi connectivity index (χ4n) is 4.38. The number of amides is 1. The number of carbonyl (C=O) groups is 1. The number of hydrogen-bond donors (Lipinski definition) is 3. The van der Waals surface area contributed by atoms with Crippen LogP contribution in [0.4, 0.5) is 5.69 Å². The van der Waals surface area contributed by atoms with Gasteiger partial charge in [-0.3, -0.25) is 4.79 Å². The van der Waals surface area contributed by atoms with Crippen molar-refractivity contribution in [2.45, 2.75) is 44.7 Å². The zero-order valence-electron chi connectivity index (χ0n) is 17.3. The van der Waals surface area contributed by atoms with E-state index in [0.29, 0.717) is 17.2 Å². The summed E-state index contributed by atoms with van der Waals surface area (Å²) in [5.41, 5.74) is 3.62. The number of benzene rings is 2. The van der Waals surface area contributed by atoms with Crippen molar-refractivity contribution in [2.75, 3.05) is 12.4 Å². The zero-order valence-corrected chi connectivity index (χ0v) is 17.3. The second-order valence-electron chi connectivity index (χ2n) is 8.91. The van der Waals surface area contributed by atoms with Crippen molar-refractivity contribution >= 4 is 11.6 Å². The van der Waals surface area contributed by atoms with E-state index >= 15 is 0 Å². The van der Waals surface area contributed by atoms with E-state index in [0.717, 1.165) is 23.2 Å². The van der Waals surface area contributed by atoms with Crippen LogP contribution in [0.2, 0.25) is 0 Å². The summed E-state index contributed by atoms with van der Waals surface area (Å²) in [4.78, 5) is 12.6. The summed E-state index contributed by atoms with van der Waals surface area (Å²) in [7, 11) is 1.55. The Labute approximate surface area is 171 Å². The van der Waals surface area contributed by atoms with Gasteiger partial charge in [0.1, 0.15) is 0 Å². The monoisotopic (exact) mass is 392 g/mol. The van der Waals surface area contributed by atoms with Gasteiger partial charge in [-0.15, -0.1) is 0 Å². The summed E-state index contributed by atoms with van der Waals surface area (Å²) in [5.74, 6) is 1.13. The van der Waals surface area contributed by atoms with Gasteiger partial charge in [0.05, 0.1) is 13.2 Å². The van der Waals surface area contributed by atoms with Crippen molar-refractivity contribution in [3.05, 3.63) is 65.2 Å². The zero-order chi connectivity index (χ0) is 20.8. The van der Waals surface area contributed by atoms with Crippen molar-refractivity contribution in [1.82, 2.24) is 5.32 Å². The van der Waals surface area contributed by atoms with E-state index in [2.05, 4.69) is 22.8 Å². The number of anilines is 1. The highest BCUT2D eigenvalue weighted by Gasteiger charge is 2.38. The predicted octanol–water partition coefficient (Wildman–Crippen LogP) is 4.76. The van der Waals surface area contributed by atoms with Gasteiger partial charge in [0, 0.05) is 22.7 Å². The molecule has 3 atom stereocenters. The molecule has 0 spiro atoms. The SMILES string of the molecule is COc1ccc(C2Nc3ccc(C(=O)NC(C)(C)C)cc3C3C=CCC32)cc1O. The lowest BCUT2D eigenvalue weighted by atomic mass is 9.76. The minimum absolute atomic E-state index is 0.0546. The van der Waals surface area contributed by atoms with Gasteiger partial charge < -0.3 is 20.5 Å². The van der Waals surface area contributed by atoms with Crippen LogP contribution >= 0.6 is 0 Å². The lowest BCUT2D eigenvalue weighted by Crippen LogP contribution is -2.40. The Balaban J connectivity index is 1.67. The molecule has 4 rings (SSSR count). The highest BCUT2D eigenvalue weighted by atomic mass is 16.5. The molecule has 0 aromatic heterocycles. The van der Waals surface area contributed by atoms with Crippen LogP contribution in [0.25, 0.3) is 0 Å². The van der Waals surface area contributed by atoms with Crippen LogP contribution in [-0.4, -0.2) is 23.7 Å². The largest absolute Gasteiger partial charge is 0.504 e. The van der Waals surface area contributed by atoms with E-state index in [1.807, 2.05) is 45.0 Å². The summed E-state index contributed by atoms with van der Waals surface area (Å²) in [6, 6.07) is 11.5. The second-order valence-corrected chi connectivity index (χ2v) is 8.91. The number of fused-ring (bicyclic) bond motifs is 3. The molecule has 2 aliphatic rings. The van der Waals surface area contributed by atoms with E-state index in [1.165, 1.54) is 0 Å². The van der Waals surface area contributed by atoms with Gasteiger partial charge in [-0.2, -0.15) is 0 Å². The molecule has 0 bridgehead atoms. The standard InChI is InChI=1S/C24H28N2O3/c1-24(2,3)26-23(28)15-8-10-19-18(12-15)16-6-5-7-17(16)22(25-19)14-9-11-21(29-4)20(27)13-14/h5-6,8-13,16-17,22,25,27H,7H2,1-4H3,(H,26,28). The molecule has 2 aromatic carbocycles. The number of rotatable bonds is 3. The summed E-state index contributed by atoms with van der Waals surface area (Å²) in [6.45, 7) is 5.94. The maximum Gasteiger partial charge on any atom is 0.251 e. The number of carbonyl (C=O) groups excluding carboxylic acids is 1. The van der Waals surface area contributed by atoms with Crippen LogP contribution in [0.3, 0.4) is 0 Å². The lowest BCUT2D eigenvalue weighted by Gasteiger charge is -2.38. The topological polar surface area (TPSA) is 70.6 Å². The van der Waals surface area contributed by atoms with Gasteiger partial charge in [-0.05, 0) is 74.6 Å². The Kier molecular flexibility index (Phi) is 4.77. The second kappa shape index (κ2) is 7.14. The fourth-order valence-corrected chi connectivity index (χ4v) is 4.38. The number of nitrogens with one attached hydrogen (secondary N) is 2. The van der Waals surface area contributed by atoms with Gasteiger partial charge in [0.2, 0.25) is 0 Å². The van der Waals surface area contributed by atoms with Crippen molar-refractivity contribution in [3.63, 3.8) is 0 Å². The molecule has 5 nitrogen and oxygen atoms in total. The van der Waals surface area contributed by atoms with Crippen molar-refractivity contribution in [1.29, 1.82) is 0 Å². The average molecular weight is 392 g/mol. The minimum atomic E-state index is -0.275. The molecule has 0 fully saturated rings. The quantitative estimate of drug-likeness (QED) is 0.659. The Bertz CT molecular complexity index is 975. The molecule has 2 aromatic rings. The Hall–Kier alpha value is -2.95. The minimum Gasteiger partial charge on any atom is -0.504 e. The van der Waals surface area contributed by atoms with Crippen molar-refractivity contribution < 1.29 is 14.6 Å². The van der Waals surface area contributed by atoms with Crippen LogP contribution in [0, 0.1) is 5.92 Å². The molecule has 0 saturated carbocycles. The van der Waals surface area contributed by atoms with E-state index in [-0.39, 0.29) is 29.2 Å². The van der Waals surface area contributed by atoms with Gasteiger partial charge in [-0.1, -0.05) is 18.2 Å². The van der Waals surface area contributed by atoms with Crippen LogP contribution < -0.4 is 15.4 Å². The third kappa shape index (κ3) is 3.69. The molecule has 29 heavy (non-hydrogen) atoms. The molecular weight excluding hydrogens is 364 g/mol. The van der Waals surface area contributed by atoms with E-state index in [1.54, 1.807) is 19.2 Å².